The number of carboxylic acid groups (broad SMARTS) is 1. The van der Waals surface area contributed by atoms with Gasteiger partial charge < -0.3 is 5.11 Å². The van der Waals surface area contributed by atoms with Gasteiger partial charge >= 0.3 is 5.97 Å². The summed E-state index contributed by atoms with van der Waals surface area (Å²) in [5, 5.41) is 9.43. The van der Waals surface area contributed by atoms with E-state index in [0.29, 0.717) is 0 Å². The summed E-state index contributed by atoms with van der Waals surface area (Å²) in [7, 11) is 0. The van der Waals surface area contributed by atoms with Crippen LogP contribution < -0.4 is 0 Å². The number of unbranched alkanes of at least 4 members (excludes halogenated alkanes) is 6. The molecule has 152 valence electrons. The molecule has 1 saturated carbocycles. The molecule has 2 nitrogen and oxygen atoms in total. The van der Waals surface area contributed by atoms with Crippen LogP contribution in [0.3, 0.4) is 0 Å². The number of hydrogen-bond acceptors (Lipinski definition) is 1. The molecular formula is C25H40O2. The van der Waals surface area contributed by atoms with Crippen molar-refractivity contribution in [3.63, 3.8) is 0 Å². The summed E-state index contributed by atoms with van der Waals surface area (Å²) >= 11 is 0. The molecule has 1 fully saturated rings. The zero-order chi connectivity index (χ0) is 19.5. The van der Waals surface area contributed by atoms with Gasteiger partial charge in [-0.05, 0) is 61.5 Å². The second-order valence-corrected chi connectivity index (χ2v) is 8.67. The lowest BCUT2D eigenvalue weighted by Gasteiger charge is -2.41. The van der Waals surface area contributed by atoms with E-state index in [0.717, 1.165) is 25.7 Å². The fraction of sp³-hybridized carbons (Fsp3) is 0.720. The summed E-state index contributed by atoms with van der Waals surface area (Å²) in [6.07, 6.45) is 16.5. The Bertz CT molecular complexity index is 555. The summed E-state index contributed by atoms with van der Waals surface area (Å²) < 4.78 is 0. The number of aliphatic carboxylic acids is 1. The largest absolute Gasteiger partial charge is 0.481 e. The molecule has 1 aliphatic rings. The van der Waals surface area contributed by atoms with Gasteiger partial charge in [-0.1, -0.05) is 83.1 Å². The molecule has 1 aromatic rings. The lowest BCUT2D eigenvalue weighted by molar-refractivity contribution is -0.143. The first-order valence-electron chi connectivity index (χ1n) is 11.4. The summed E-state index contributed by atoms with van der Waals surface area (Å²) in [4.78, 5) is 11.5. The third-order valence-corrected chi connectivity index (χ3v) is 6.69. The molecule has 0 saturated heterocycles. The van der Waals surface area contributed by atoms with E-state index in [9.17, 15) is 9.90 Å². The lowest BCUT2D eigenvalue weighted by atomic mass is 9.63. The minimum absolute atomic E-state index is 0.134. The normalized spacial score (nSPS) is 22.7. The molecule has 0 radical (unpaired) electrons. The third kappa shape index (κ3) is 6.36. The predicted octanol–water partition coefficient (Wildman–Crippen LogP) is 7.29. The highest BCUT2D eigenvalue weighted by Crippen LogP contribution is 2.46. The molecular weight excluding hydrogens is 332 g/mol. The molecule has 2 heteroatoms. The topological polar surface area (TPSA) is 37.3 Å². The van der Waals surface area contributed by atoms with Crippen LogP contribution in [0.5, 0.6) is 0 Å². The van der Waals surface area contributed by atoms with Crippen molar-refractivity contribution in [2.75, 3.05) is 0 Å². The Morgan fingerprint density at radius 3 is 2.26 bits per heavy atom. The van der Waals surface area contributed by atoms with Crippen molar-refractivity contribution in [3.8, 4) is 0 Å². The molecule has 0 atom stereocenters. The van der Waals surface area contributed by atoms with Gasteiger partial charge in [0.05, 0.1) is 5.92 Å². The Balaban J connectivity index is 2.13. The van der Waals surface area contributed by atoms with Crippen molar-refractivity contribution in [2.24, 2.45) is 5.92 Å². The second kappa shape index (κ2) is 11.5. The number of aryl methyl sites for hydroxylation is 1. The molecule has 1 aromatic carbocycles. The van der Waals surface area contributed by atoms with E-state index in [4.69, 9.17) is 0 Å². The summed E-state index contributed by atoms with van der Waals surface area (Å²) in [6.45, 7) is 4.53. The van der Waals surface area contributed by atoms with Crippen LogP contribution in [0.2, 0.25) is 0 Å². The van der Waals surface area contributed by atoms with Gasteiger partial charge in [-0.2, -0.15) is 0 Å². The minimum Gasteiger partial charge on any atom is -0.481 e. The average Bonchev–Trinajstić information content (AvgIpc) is 2.69. The van der Waals surface area contributed by atoms with Crippen molar-refractivity contribution >= 4 is 5.97 Å². The highest BCUT2D eigenvalue weighted by Gasteiger charge is 2.39. The third-order valence-electron chi connectivity index (χ3n) is 6.69. The van der Waals surface area contributed by atoms with E-state index in [1.165, 1.54) is 69.8 Å². The average molecular weight is 373 g/mol. The Morgan fingerprint density at radius 1 is 0.963 bits per heavy atom. The van der Waals surface area contributed by atoms with Gasteiger partial charge in [0.1, 0.15) is 0 Å². The maximum atomic E-state index is 11.5. The lowest BCUT2D eigenvalue weighted by Crippen LogP contribution is -2.35. The molecule has 0 amide bonds. The Kier molecular flexibility index (Phi) is 9.38. The van der Waals surface area contributed by atoms with Crippen LogP contribution >= 0.6 is 0 Å². The van der Waals surface area contributed by atoms with Gasteiger partial charge in [-0.3, -0.25) is 4.79 Å². The van der Waals surface area contributed by atoms with Gasteiger partial charge in [0, 0.05) is 0 Å². The summed E-state index contributed by atoms with van der Waals surface area (Å²) in [5.41, 5.74) is 3.28. The van der Waals surface area contributed by atoms with E-state index in [1.54, 1.807) is 5.56 Å². The number of rotatable bonds is 12. The molecule has 0 aliphatic heterocycles. The van der Waals surface area contributed by atoms with Gasteiger partial charge in [-0.15, -0.1) is 0 Å². The quantitative estimate of drug-likeness (QED) is 0.391. The molecule has 0 bridgehead atoms. The summed E-state index contributed by atoms with van der Waals surface area (Å²) in [5.74, 6) is -0.730. The molecule has 0 unspecified atom stereocenters. The van der Waals surface area contributed by atoms with Crippen molar-refractivity contribution in [2.45, 2.75) is 109 Å². The second-order valence-electron chi connectivity index (χ2n) is 8.67. The molecule has 2 rings (SSSR count). The molecule has 27 heavy (non-hydrogen) atoms. The molecule has 0 heterocycles. The number of carboxylic acids is 1. The van der Waals surface area contributed by atoms with Crippen LogP contribution in [0.15, 0.2) is 24.3 Å². The highest BCUT2D eigenvalue weighted by molar-refractivity contribution is 5.70. The van der Waals surface area contributed by atoms with Crippen molar-refractivity contribution in [3.05, 3.63) is 35.4 Å². The minimum atomic E-state index is -0.596. The van der Waals surface area contributed by atoms with E-state index in [1.807, 2.05) is 0 Å². The van der Waals surface area contributed by atoms with Crippen molar-refractivity contribution in [1.82, 2.24) is 0 Å². The SMILES string of the molecule is CCCCCCCc1ccccc1C1(CCCCC)CCC(C(=O)O)CC1. The van der Waals surface area contributed by atoms with E-state index in [-0.39, 0.29) is 11.3 Å². The predicted molar refractivity (Wildman–Crippen MR) is 114 cm³/mol. The van der Waals surface area contributed by atoms with Crippen LogP contribution in [0, 0.1) is 5.92 Å². The maximum absolute atomic E-state index is 11.5. The number of hydrogen-bond donors (Lipinski definition) is 1. The van der Waals surface area contributed by atoms with Crippen molar-refractivity contribution < 1.29 is 9.90 Å². The van der Waals surface area contributed by atoms with E-state index >= 15 is 0 Å². The Hall–Kier alpha value is -1.31. The van der Waals surface area contributed by atoms with Crippen LogP contribution in [0.4, 0.5) is 0 Å². The van der Waals surface area contributed by atoms with E-state index < -0.39 is 5.97 Å². The fourth-order valence-corrected chi connectivity index (χ4v) is 4.96. The number of benzene rings is 1. The van der Waals surface area contributed by atoms with Crippen LogP contribution in [0.1, 0.15) is 108 Å². The summed E-state index contributed by atoms with van der Waals surface area (Å²) in [6, 6.07) is 9.07. The van der Waals surface area contributed by atoms with Crippen LogP contribution in [-0.2, 0) is 16.6 Å². The standard InChI is InChI=1S/C25H40O2/c1-3-5-7-8-9-13-21-14-10-11-15-23(21)25(18-12-6-4-2)19-16-22(17-20-25)24(26)27/h10-11,14-15,22H,3-9,12-13,16-20H2,1-2H3,(H,26,27). The Labute approximate surface area is 166 Å². The maximum Gasteiger partial charge on any atom is 0.306 e. The van der Waals surface area contributed by atoms with E-state index in [2.05, 4.69) is 38.1 Å². The molecule has 0 spiro atoms. The zero-order valence-electron chi connectivity index (χ0n) is 17.6. The number of carbonyl (C=O) groups is 1. The van der Waals surface area contributed by atoms with Crippen molar-refractivity contribution in [1.29, 1.82) is 0 Å². The van der Waals surface area contributed by atoms with Gasteiger partial charge in [0.2, 0.25) is 0 Å². The highest BCUT2D eigenvalue weighted by atomic mass is 16.4. The molecule has 1 N–H and O–H groups in total. The first-order chi connectivity index (χ1) is 13.1. The first kappa shape index (κ1) is 22.0. The van der Waals surface area contributed by atoms with Crippen LogP contribution in [-0.4, -0.2) is 11.1 Å². The van der Waals surface area contributed by atoms with Crippen LogP contribution in [0.25, 0.3) is 0 Å². The fourth-order valence-electron chi connectivity index (χ4n) is 4.96. The zero-order valence-corrected chi connectivity index (χ0v) is 17.6. The van der Waals surface area contributed by atoms with Gasteiger partial charge in [0.25, 0.3) is 0 Å². The Morgan fingerprint density at radius 2 is 1.59 bits per heavy atom. The molecule has 1 aliphatic carbocycles. The van der Waals surface area contributed by atoms with Gasteiger partial charge in [0.15, 0.2) is 0 Å². The van der Waals surface area contributed by atoms with Gasteiger partial charge in [-0.25, -0.2) is 0 Å². The molecule has 0 aromatic heterocycles. The monoisotopic (exact) mass is 372 g/mol. The smallest absolute Gasteiger partial charge is 0.306 e. The first-order valence-corrected chi connectivity index (χ1v) is 11.4.